The summed E-state index contributed by atoms with van der Waals surface area (Å²) >= 11 is 0. The predicted molar refractivity (Wildman–Crippen MR) is 95.1 cm³/mol. The lowest BCUT2D eigenvalue weighted by Gasteiger charge is -2.66. The van der Waals surface area contributed by atoms with Gasteiger partial charge in [-0.15, -0.1) is 0 Å². The van der Waals surface area contributed by atoms with Crippen LogP contribution in [-0.4, -0.2) is 45.7 Å². The first-order chi connectivity index (χ1) is 12.1. The highest BCUT2D eigenvalue weighted by Crippen LogP contribution is 2.71. The molecule has 4 fully saturated rings. The summed E-state index contributed by atoms with van der Waals surface area (Å²) in [6.07, 6.45) is 1.96. The van der Waals surface area contributed by atoms with E-state index in [9.17, 15) is 24.9 Å². The Balaban J connectivity index is 1.89. The summed E-state index contributed by atoms with van der Waals surface area (Å²) in [5.74, 6) is -1.20. The first kappa shape index (κ1) is 18.3. The third kappa shape index (κ3) is 1.87. The molecule has 0 saturated heterocycles. The quantitative estimate of drug-likeness (QED) is 0.513. The molecule has 2 bridgehead atoms. The summed E-state index contributed by atoms with van der Waals surface area (Å²) in [5.41, 5.74) is -1.64. The third-order valence-electron chi connectivity index (χ3n) is 8.77. The van der Waals surface area contributed by atoms with Gasteiger partial charge in [0.1, 0.15) is 6.29 Å². The van der Waals surface area contributed by atoms with Gasteiger partial charge in [-0.2, -0.15) is 0 Å². The van der Waals surface area contributed by atoms with Gasteiger partial charge in [-0.1, -0.05) is 26.8 Å². The van der Waals surface area contributed by atoms with Crippen LogP contribution in [0, 0.1) is 34.0 Å². The van der Waals surface area contributed by atoms with Crippen LogP contribution >= 0.6 is 0 Å². The average Bonchev–Trinajstić information content (AvgIpc) is 2.68. The first-order valence-electron chi connectivity index (χ1n) is 9.86. The summed E-state index contributed by atoms with van der Waals surface area (Å²) < 4.78 is 0. The molecule has 5 heteroatoms. The zero-order valence-corrected chi connectivity index (χ0v) is 15.6. The molecule has 0 aliphatic heterocycles. The molecular formula is C21H30O5. The Morgan fingerprint density at radius 2 is 1.88 bits per heavy atom. The van der Waals surface area contributed by atoms with Crippen molar-refractivity contribution in [2.75, 3.05) is 0 Å². The number of Topliss-reactive ketones (excluding diaryl/α,β-unsaturated/α-hetero) is 1. The molecule has 1 spiro atoms. The Kier molecular flexibility index (Phi) is 3.87. The maximum atomic E-state index is 13.2. The van der Waals surface area contributed by atoms with E-state index in [4.69, 9.17) is 0 Å². The molecule has 0 heterocycles. The first-order valence-corrected chi connectivity index (χ1v) is 9.86. The van der Waals surface area contributed by atoms with Crippen molar-refractivity contribution in [1.82, 2.24) is 0 Å². The van der Waals surface area contributed by atoms with E-state index in [1.165, 1.54) is 0 Å². The van der Waals surface area contributed by atoms with Crippen LogP contribution < -0.4 is 0 Å². The number of carbonyl (C=O) groups excluding carboxylic acids is 2. The number of hydrogen-bond acceptors (Lipinski definition) is 5. The van der Waals surface area contributed by atoms with Gasteiger partial charge in [0, 0.05) is 18.3 Å². The fourth-order valence-electron chi connectivity index (χ4n) is 7.75. The van der Waals surface area contributed by atoms with Crippen LogP contribution in [0.25, 0.3) is 0 Å². The van der Waals surface area contributed by atoms with E-state index < -0.39 is 41.0 Å². The van der Waals surface area contributed by atoms with Crippen molar-refractivity contribution in [3.8, 4) is 0 Å². The lowest BCUT2D eigenvalue weighted by molar-refractivity contribution is -0.252. The zero-order chi connectivity index (χ0) is 19.1. The van der Waals surface area contributed by atoms with Gasteiger partial charge in [0.2, 0.25) is 0 Å². The number of carbonyl (C=O) groups is 2. The van der Waals surface area contributed by atoms with Crippen molar-refractivity contribution in [2.45, 2.75) is 70.7 Å². The van der Waals surface area contributed by atoms with E-state index >= 15 is 0 Å². The smallest absolute Gasteiger partial charge is 0.170 e. The van der Waals surface area contributed by atoms with Gasteiger partial charge in [0.15, 0.2) is 5.78 Å². The van der Waals surface area contributed by atoms with Crippen molar-refractivity contribution in [3.63, 3.8) is 0 Å². The van der Waals surface area contributed by atoms with E-state index in [1.807, 2.05) is 0 Å². The molecule has 0 radical (unpaired) electrons. The van der Waals surface area contributed by atoms with Crippen molar-refractivity contribution in [2.24, 2.45) is 34.0 Å². The van der Waals surface area contributed by atoms with Crippen molar-refractivity contribution in [1.29, 1.82) is 0 Å². The monoisotopic (exact) mass is 362 g/mol. The topological polar surface area (TPSA) is 94.8 Å². The van der Waals surface area contributed by atoms with Crippen LogP contribution in [0.4, 0.5) is 0 Å². The molecule has 4 saturated carbocycles. The number of aliphatic hydroxyl groups excluding tert-OH is 3. The minimum Gasteiger partial charge on any atom is -0.393 e. The van der Waals surface area contributed by atoms with Gasteiger partial charge in [0.25, 0.3) is 0 Å². The lowest BCUT2D eigenvalue weighted by atomic mass is 9.39. The largest absolute Gasteiger partial charge is 0.393 e. The Bertz CT molecular complexity index is 673. The van der Waals surface area contributed by atoms with Crippen LogP contribution in [0.1, 0.15) is 52.4 Å². The maximum absolute atomic E-state index is 13.2. The van der Waals surface area contributed by atoms with Gasteiger partial charge in [0.05, 0.1) is 23.7 Å². The van der Waals surface area contributed by atoms with Gasteiger partial charge in [-0.05, 0) is 48.0 Å². The third-order valence-corrected chi connectivity index (χ3v) is 8.77. The molecule has 5 nitrogen and oxygen atoms in total. The van der Waals surface area contributed by atoms with Crippen LogP contribution in [0.5, 0.6) is 0 Å². The Morgan fingerprint density at radius 1 is 1.19 bits per heavy atom. The van der Waals surface area contributed by atoms with Gasteiger partial charge < -0.3 is 20.1 Å². The zero-order valence-electron chi connectivity index (χ0n) is 15.6. The van der Waals surface area contributed by atoms with Gasteiger partial charge >= 0.3 is 0 Å². The molecular weight excluding hydrogens is 332 g/mol. The number of aldehydes is 1. The number of aliphatic hydroxyl groups is 3. The summed E-state index contributed by atoms with van der Waals surface area (Å²) in [5, 5.41) is 33.3. The Morgan fingerprint density at radius 3 is 2.54 bits per heavy atom. The second-order valence-corrected chi connectivity index (χ2v) is 9.81. The summed E-state index contributed by atoms with van der Waals surface area (Å²) in [4.78, 5) is 24.6. The molecule has 144 valence electrons. The molecule has 0 aromatic carbocycles. The molecule has 26 heavy (non-hydrogen) atoms. The average molecular weight is 362 g/mol. The minimum absolute atomic E-state index is 0.0274. The predicted octanol–water partition coefficient (Wildman–Crippen LogP) is 1.64. The van der Waals surface area contributed by atoms with E-state index in [1.54, 1.807) is 0 Å². The van der Waals surface area contributed by atoms with E-state index in [0.29, 0.717) is 24.8 Å². The highest BCUT2D eigenvalue weighted by molar-refractivity contribution is 6.04. The Labute approximate surface area is 154 Å². The molecule has 0 amide bonds. The fourth-order valence-corrected chi connectivity index (χ4v) is 7.75. The Hall–Kier alpha value is -1.04. The molecule has 0 aromatic heterocycles. The molecule has 0 unspecified atom stereocenters. The van der Waals surface area contributed by atoms with E-state index in [0.717, 1.165) is 25.5 Å². The fraction of sp³-hybridized carbons (Fsp3) is 0.810. The van der Waals surface area contributed by atoms with E-state index in [2.05, 4.69) is 20.4 Å². The lowest BCUT2D eigenvalue weighted by Crippen LogP contribution is -2.70. The highest BCUT2D eigenvalue weighted by atomic mass is 16.3. The van der Waals surface area contributed by atoms with Crippen LogP contribution in [0.3, 0.4) is 0 Å². The molecule has 3 N–H and O–H groups in total. The van der Waals surface area contributed by atoms with Gasteiger partial charge in [-0.3, -0.25) is 4.79 Å². The van der Waals surface area contributed by atoms with Gasteiger partial charge in [-0.25, -0.2) is 0 Å². The molecule has 9 atom stereocenters. The number of ketones is 1. The second-order valence-electron chi connectivity index (χ2n) is 9.81. The highest BCUT2D eigenvalue weighted by Gasteiger charge is 2.76. The molecule has 4 aliphatic rings. The number of rotatable bonds is 2. The van der Waals surface area contributed by atoms with Crippen LogP contribution in [0.2, 0.25) is 0 Å². The second kappa shape index (κ2) is 5.49. The van der Waals surface area contributed by atoms with Crippen molar-refractivity contribution < 1.29 is 24.9 Å². The van der Waals surface area contributed by atoms with E-state index in [-0.39, 0.29) is 17.1 Å². The normalized spacial score (nSPS) is 56.0. The standard InChI is InChI=1S/C21H30O5/c1-11-12-9-13(23)16-20(3)6-4-5-19(2,7-8-22)14(20)10-15(24)21(16,17(11)25)18(12)26/h8,12-16,18,23-24,26H,1,4-7,9-10H2,2-3H3/t12-,13-,14-,15+,16+,18+,19+,20-,21+/m0/s1. The maximum Gasteiger partial charge on any atom is 0.170 e. The summed E-state index contributed by atoms with van der Waals surface area (Å²) in [6.45, 7) is 8.08. The van der Waals surface area contributed by atoms with Crippen LogP contribution in [0.15, 0.2) is 12.2 Å². The molecule has 4 aliphatic carbocycles. The molecule has 4 rings (SSSR count). The molecule has 0 aromatic rings. The summed E-state index contributed by atoms with van der Waals surface area (Å²) in [7, 11) is 0. The summed E-state index contributed by atoms with van der Waals surface area (Å²) in [6, 6.07) is 0. The van der Waals surface area contributed by atoms with Crippen LogP contribution in [-0.2, 0) is 9.59 Å². The number of fused-ring (bicyclic) bond motifs is 3. The van der Waals surface area contributed by atoms with Crippen molar-refractivity contribution >= 4 is 12.1 Å². The minimum atomic E-state index is -1.34. The number of hydrogen-bond donors (Lipinski definition) is 3. The SMILES string of the molecule is C=C1C(=O)[C@@]23[C@H](O)C[C@H]4[C@@](C)(CC=O)CCC[C@]4(C)[C@H]2[C@@H](O)C[C@@H]1[C@H]3O. The van der Waals surface area contributed by atoms with Crippen molar-refractivity contribution in [3.05, 3.63) is 12.2 Å².